The molecule has 2 aliphatic heterocycles. The molecule has 0 amide bonds. The molecule has 0 spiro atoms. The Kier molecular flexibility index (Phi) is 9.20. The molecule has 1 aromatic heterocycles. The Hall–Kier alpha value is -1.87. The van der Waals surface area contributed by atoms with Crippen molar-refractivity contribution in [1.29, 1.82) is 0 Å². The molecule has 2 N–H and O–H groups in total. The van der Waals surface area contributed by atoms with Crippen LogP contribution >= 0.6 is 11.6 Å². The van der Waals surface area contributed by atoms with Crippen LogP contribution in [0.5, 0.6) is 5.75 Å². The van der Waals surface area contributed by atoms with Gasteiger partial charge in [0.25, 0.3) is 0 Å². The summed E-state index contributed by atoms with van der Waals surface area (Å²) in [5.74, 6) is 0.916. The van der Waals surface area contributed by atoms with E-state index >= 15 is 0 Å². The SMILES string of the molecule is C=C/C=C1\CC([C@@H]2CN=C(Cl)NC2OCc2cncc(OCCCO[Si](C)(C)C(C)(C)C)c2)N1. The summed E-state index contributed by atoms with van der Waals surface area (Å²) in [5.41, 5.74) is 2.13. The zero-order valence-corrected chi connectivity index (χ0v) is 22.8. The summed E-state index contributed by atoms with van der Waals surface area (Å²) in [4.78, 5) is 8.67. The van der Waals surface area contributed by atoms with Crippen molar-refractivity contribution in [2.45, 2.75) is 70.6 Å². The monoisotopic (exact) mass is 506 g/mol. The summed E-state index contributed by atoms with van der Waals surface area (Å²) in [6.07, 6.45) is 8.89. The van der Waals surface area contributed by atoms with Crippen LogP contribution in [0.1, 0.15) is 39.2 Å². The number of amidine groups is 1. The molecular weight excluding hydrogens is 468 g/mol. The highest BCUT2D eigenvalue weighted by molar-refractivity contribution is 6.74. The zero-order valence-electron chi connectivity index (χ0n) is 21.1. The van der Waals surface area contributed by atoms with Crippen LogP contribution in [0.3, 0.4) is 0 Å². The van der Waals surface area contributed by atoms with E-state index in [1.54, 1.807) is 18.5 Å². The summed E-state index contributed by atoms with van der Waals surface area (Å²) >= 11 is 6.14. The Bertz CT molecular complexity index is 892. The molecule has 0 bridgehead atoms. The van der Waals surface area contributed by atoms with Gasteiger partial charge in [-0.3, -0.25) is 9.98 Å². The van der Waals surface area contributed by atoms with E-state index in [1.165, 1.54) is 5.70 Å². The van der Waals surface area contributed by atoms with Crippen molar-refractivity contribution >= 4 is 25.2 Å². The average Bonchev–Trinajstić information content (AvgIpc) is 2.74. The number of nitrogens with zero attached hydrogens (tertiary/aromatic N) is 2. The second-order valence-corrected chi connectivity index (χ2v) is 15.6. The fraction of sp³-hybridized carbons (Fsp3) is 0.600. The van der Waals surface area contributed by atoms with E-state index in [2.05, 4.69) is 61.1 Å². The maximum absolute atomic E-state index is 6.22. The van der Waals surface area contributed by atoms with Crippen LogP contribution in [-0.2, 0) is 15.8 Å². The van der Waals surface area contributed by atoms with Crippen molar-refractivity contribution in [3.63, 3.8) is 0 Å². The van der Waals surface area contributed by atoms with E-state index in [4.69, 9.17) is 25.5 Å². The number of rotatable bonds is 11. The molecule has 1 saturated heterocycles. The van der Waals surface area contributed by atoms with Gasteiger partial charge in [-0.1, -0.05) is 33.4 Å². The van der Waals surface area contributed by atoms with Crippen LogP contribution in [0.25, 0.3) is 0 Å². The third-order valence-electron chi connectivity index (χ3n) is 6.76. The number of pyridine rings is 1. The van der Waals surface area contributed by atoms with Gasteiger partial charge in [-0.2, -0.15) is 0 Å². The number of halogens is 1. The highest BCUT2D eigenvalue weighted by Crippen LogP contribution is 2.36. The van der Waals surface area contributed by atoms with Gasteiger partial charge in [0.2, 0.25) is 0 Å². The van der Waals surface area contributed by atoms with Crippen LogP contribution < -0.4 is 15.4 Å². The van der Waals surface area contributed by atoms with Gasteiger partial charge in [0.05, 0.1) is 26.0 Å². The molecule has 3 heterocycles. The summed E-state index contributed by atoms with van der Waals surface area (Å²) in [6, 6.07) is 2.26. The molecule has 2 aliphatic rings. The number of hydrogen-bond donors (Lipinski definition) is 2. The Balaban J connectivity index is 1.46. The second-order valence-electron chi connectivity index (χ2n) is 10.4. The summed E-state index contributed by atoms with van der Waals surface area (Å²) in [5, 5.41) is 7.24. The molecule has 34 heavy (non-hydrogen) atoms. The van der Waals surface area contributed by atoms with Gasteiger partial charge in [0.1, 0.15) is 12.0 Å². The topological polar surface area (TPSA) is 77.0 Å². The molecule has 3 rings (SSSR count). The molecule has 0 aliphatic carbocycles. The predicted octanol–water partition coefficient (Wildman–Crippen LogP) is 4.96. The Morgan fingerprint density at radius 1 is 1.24 bits per heavy atom. The van der Waals surface area contributed by atoms with Crippen molar-refractivity contribution in [2.24, 2.45) is 10.9 Å². The van der Waals surface area contributed by atoms with Crippen molar-refractivity contribution in [2.75, 3.05) is 19.8 Å². The maximum Gasteiger partial charge on any atom is 0.193 e. The molecule has 1 fully saturated rings. The second kappa shape index (κ2) is 11.7. The van der Waals surface area contributed by atoms with Crippen LogP contribution in [0.2, 0.25) is 18.1 Å². The molecule has 188 valence electrons. The molecule has 1 aromatic rings. The largest absolute Gasteiger partial charge is 0.492 e. The lowest BCUT2D eigenvalue weighted by atomic mass is 9.87. The minimum atomic E-state index is -1.72. The highest BCUT2D eigenvalue weighted by atomic mass is 35.5. The Morgan fingerprint density at radius 2 is 2.00 bits per heavy atom. The molecule has 2 unspecified atom stereocenters. The van der Waals surface area contributed by atoms with E-state index in [1.807, 2.05) is 12.1 Å². The van der Waals surface area contributed by atoms with Crippen molar-refractivity contribution in [1.82, 2.24) is 15.6 Å². The number of allylic oxidation sites excluding steroid dienone is 2. The first-order valence-corrected chi connectivity index (χ1v) is 15.2. The first kappa shape index (κ1) is 26.7. The van der Waals surface area contributed by atoms with Crippen LogP contribution in [0.15, 0.2) is 47.9 Å². The lowest BCUT2D eigenvalue weighted by molar-refractivity contribution is -0.0248. The molecule has 0 aromatic carbocycles. The van der Waals surface area contributed by atoms with Gasteiger partial charge in [0, 0.05) is 43.3 Å². The Morgan fingerprint density at radius 3 is 2.71 bits per heavy atom. The predicted molar refractivity (Wildman–Crippen MR) is 141 cm³/mol. The van der Waals surface area contributed by atoms with E-state index < -0.39 is 8.32 Å². The van der Waals surface area contributed by atoms with Crippen LogP contribution in [0, 0.1) is 5.92 Å². The van der Waals surface area contributed by atoms with E-state index in [-0.39, 0.29) is 17.2 Å². The molecule has 0 saturated carbocycles. The molecule has 3 atom stereocenters. The number of hydrogen-bond acceptors (Lipinski definition) is 7. The van der Waals surface area contributed by atoms with E-state index in [9.17, 15) is 0 Å². The molecule has 9 heteroatoms. The van der Waals surface area contributed by atoms with E-state index in [0.29, 0.717) is 37.7 Å². The van der Waals surface area contributed by atoms with Crippen molar-refractivity contribution < 1.29 is 13.9 Å². The fourth-order valence-electron chi connectivity index (χ4n) is 3.63. The van der Waals surface area contributed by atoms with Gasteiger partial charge in [-0.15, -0.1) is 0 Å². The lowest BCUT2D eigenvalue weighted by Crippen LogP contribution is -2.57. The van der Waals surface area contributed by atoms with Crippen LogP contribution in [0.4, 0.5) is 0 Å². The van der Waals surface area contributed by atoms with Gasteiger partial charge in [-0.25, -0.2) is 0 Å². The normalized spacial score (nSPS) is 24.0. The quantitative estimate of drug-likeness (QED) is 0.251. The third-order valence-corrected chi connectivity index (χ3v) is 11.5. The van der Waals surface area contributed by atoms with E-state index in [0.717, 1.165) is 24.2 Å². The average molecular weight is 507 g/mol. The van der Waals surface area contributed by atoms with Crippen molar-refractivity contribution in [3.05, 3.63) is 48.5 Å². The first-order valence-electron chi connectivity index (χ1n) is 12.0. The lowest BCUT2D eigenvalue weighted by Gasteiger charge is -2.42. The third kappa shape index (κ3) is 7.31. The highest BCUT2D eigenvalue weighted by Gasteiger charge is 2.38. The first-order chi connectivity index (χ1) is 16.1. The van der Waals surface area contributed by atoms with Crippen molar-refractivity contribution in [3.8, 4) is 5.75 Å². The maximum atomic E-state index is 6.22. The zero-order chi connectivity index (χ0) is 24.8. The summed E-state index contributed by atoms with van der Waals surface area (Å²) in [6.45, 7) is 17.4. The molecular formula is C25H39ClN4O3Si. The summed E-state index contributed by atoms with van der Waals surface area (Å²) < 4.78 is 18.3. The summed E-state index contributed by atoms with van der Waals surface area (Å²) in [7, 11) is -1.72. The van der Waals surface area contributed by atoms with Gasteiger partial charge in [-0.05, 0) is 47.4 Å². The Labute approximate surface area is 210 Å². The minimum Gasteiger partial charge on any atom is -0.492 e. The number of aliphatic imine (C=N–C) groups is 1. The standard InChI is InChI=1S/C25H39ClN4O3Si/c1-7-9-19-13-22(29-19)21-16-28-24(26)30-23(21)32-17-18-12-20(15-27-14-18)31-10-8-11-33-34(5,6)25(2,3)4/h7,9,12,14-15,21-23,29H,1,8,10-11,13,16-17H2,2-6H3,(H,28,30)/b19-9+/t21-,22?,23?/m0/s1. The van der Waals surface area contributed by atoms with Gasteiger partial charge in [0.15, 0.2) is 13.6 Å². The van der Waals surface area contributed by atoms with Crippen LogP contribution in [-0.4, -0.2) is 50.6 Å². The number of nitrogens with one attached hydrogen (secondary N) is 2. The molecule has 0 radical (unpaired) electrons. The minimum absolute atomic E-state index is 0.178. The van der Waals surface area contributed by atoms with Gasteiger partial charge < -0.3 is 24.5 Å². The number of aromatic nitrogens is 1. The number of ether oxygens (including phenoxy) is 2. The van der Waals surface area contributed by atoms with Gasteiger partial charge >= 0.3 is 0 Å². The molecule has 7 nitrogen and oxygen atoms in total. The smallest absolute Gasteiger partial charge is 0.193 e. The fourth-order valence-corrected chi connectivity index (χ4v) is 4.89.